The summed E-state index contributed by atoms with van der Waals surface area (Å²) in [6.07, 6.45) is 0. The maximum absolute atomic E-state index is 13.1. The van der Waals surface area contributed by atoms with E-state index in [4.69, 9.17) is 9.15 Å². The van der Waals surface area contributed by atoms with Gasteiger partial charge in [-0.2, -0.15) is 0 Å². The first-order chi connectivity index (χ1) is 13.5. The second-order valence-electron chi connectivity index (χ2n) is 6.25. The van der Waals surface area contributed by atoms with E-state index in [0.717, 1.165) is 11.6 Å². The Balaban J connectivity index is 1.91. The zero-order chi connectivity index (χ0) is 19.7. The van der Waals surface area contributed by atoms with Crippen molar-refractivity contribution in [3.8, 4) is 34.3 Å². The van der Waals surface area contributed by atoms with E-state index in [1.807, 2.05) is 30.3 Å². The minimum atomic E-state index is -0.558. The van der Waals surface area contributed by atoms with Gasteiger partial charge in [-0.05, 0) is 29.8 Å². The Bertz CT molecular complexity index is 1190. The monoisotopic (exact) mass is 376 g/mol. The number of ether oxygens (including phenoxy) is 1. The highest BCUT2D eigenvalue weighted by molar-refractivity contribution is 5.88. The van der Waals surface area contributed by atoms with Crippen LogP contribution < -0.4 is 10.2 Å². The van der Waals surface area contributed by atoms with Crippen LogP contribution in [0.15, 0.2) is 75.9 Å². The van der Waals surface area contributed by atoms with E-state index in [0.29, 0.717) is 5.56 Å². The molecule has 140 valence electrons. The average Bonchev–Trinajstić information content (AvgIpc) is 2.68. The van der Waals surface area contributed by atoms with Gasteiger partial charge < -0.3 is 24.5 Å². The third kappa shape index (κ3) is 3.23. The number of phenols is 3. The van der Waals surface area contributed by atoms with Gasteiger partial charge in [0, 0.05) is 17.7 Å². The summed E-state index contributed by atoms with van der Waals surface area (Å²) in [5, 5.41) is 29.3. The smallest absolute Gasteiger partial charge is 0.239 e. The first kappa shape index (κ1) is 17.5. The standard InChI is InChI=1S/C22H16O6/c23-15-8-6-14(7-9-15)21-22(27-12-13-4-2-1-3-5-13)20(26)19-17(25)10-16(24)11-18(19)28-21/h1-11,23-25H,12H2. The van der Waals surface area contributed by atoms with Crippen LogP contribution >= 0.6 is 0 Å². The van der Waals surface area contributed by atoms with Crippen LogP contribution in [0.2, 0.25) is 0 Å². The number of benzene rings is 3. The number of aromatic hydroxyl groups is 3. The first-order valence-corrected chi connectivity index (χ1v) is 8.52. The van der Waals surface area contributed by atoms with Gasteiger partial charge in [0.15, 0.2) is 5.76 Å². The molecule has 0 radical (unpaired) electrons. The normalized spacial score (nSPS) is 10.9. The van der Waals surface area contributed by atoms with E-state index in [2.05, 4.69) is 0 Å². The Morgan fingerprint density at radius 1 is 0.857 bits per heavy atom. The van der Waals surface area contributed by atoms with E-state index in [9.17, 15) is 20.1 Å². The molecular formula is C22H16O6. The molecule has 1 aromatic heterocycles. The van der Waals surface area contributed by atoms with Crippen LogP contribution in [0.4, 0.5) is 0 Å². The van der Waals surface area contributed by atoms with Crippen molar-refractivity contribution in [2.24, 2.45) is 0 Å². The SMILES string of the molecule is O=c1c(OCc2ccccc2)c(-c2ccc(O)cc2)oc2cc(O)cc(O)c12. The molecule has 3 aromatic carbocycles. The Kier molecular flexibility index (Phi) is 4.37. The molecule has 0 atom stereocenters. The summed E-state index contributed by atoms with van der Waals surface area (Å²) in [5.74, 6) is -0.497. The van der Waals surface area contributed by atoms with Crippen molar-refractivity contribution < 1.29 is 24.5 Å². The second-order valence-corrected chi connectivity index (χ2v) is 6.25. The van der Waals surface area contributed by atoms with E-state index >= 15 is 0 Å². The van der Waals surface area contributed by atoms with Crippen molar-refractivity contribution in [1.29, 1.82) is 0 Å². The Morgan fingerprint density at radius 2 is 1.57 bits per heavy atom. The van der Waals surface area contributed by atoms with Crippen LogP contribution in [0, 0.1) is 0 Å². The largest absolute Gasteiger partial charge is 0.508 e. The number of phenolic OH excluding ortho intramolecular Hbond substituents is 3. The number of fused-ring (bicyclic) bond motifs is 1. The van der Waals surface area contributed by atoms with E-state index in [-0.39, 0.29) is 40.6 Å². The van der Waals surface area contributed by atoms with Crippen LogP contribution in [0.3, 0.4) is 0 Å². The van der Waals surface area contributed by atoms with Gasteiger partial charge in [0.1, 0.15) is 34.8 Å². The molecule has 0 aliphatic carbocycles. The maximum atomic E-state index is 13.1. The number of hydrogen-bond donors (Lipinski definition) is 3. The lowest BCUT2D eigenvalue weighted by atomic mass is 10.1. The third-order valence-electron chi connectivity index (χ3n) is 4.27. The molecule has 6 heteroatoms. The van der Waals surface area contributed by atoms with Crippen molar-refractivity contribution >= 4 is 11.0 Å². The highest BCUT2D eigenvalue weighted by Crippen LogP contribution is 2.36. The fraction of sp³-hybridized carbons (Fsp3) is 0.0455. The van der Waals surface area contributed by atoms with Crippen molar-refractivity contribution in [3.63, 3.8) is 0 Å². The predicted octanol–water partition coefficient (Wildman–Crippen LogP) is 4.16. The lowest BCUT2D eigenvalue weighted by molar-refractivity contribution is 0.297. The van der Waals surface area contributed by atoms with Crippen LogP contribution in [-0.4, -0.2) is 15.3 Å². The van der Waals surface area contributed by atoms with Gasteiger partial charge in [-0.1, -0.05) is 30.3 Å². The molecule has 0 saturated carbocycles. The second kappa shape index (κ2) is 7.00. The highest BCUT2D eigenvalue weighted by atomic mass is 16.5. The lowest BCUT2D eigenvalue weighted by Gasteiger charge is -2.12. The van der Waals surface area contributed by atoms with Crippen LogP contribution in [0.1, 0.15) is 5.56 Å². The summed E-state index contributed by atoms with van der Waals surface area (Å²) in [7, 11) is 0. The third-order valence-corrected chi connectivity index (χ3v) is 4.27. The fourth-order valence-electron chi connectivity index (χ4n) is 2.93. The zero-order valence-electron chi connectivity index (χ0n) is 14.6. The molecule has 0 spiro atoms. The summed E-state index contributed by atoms with van der Waals surface area (Å²) in [6.45, 7) is 0.126. The van der Waals surface area contributed by atoms with E-state index in [1.165, 1.54) is 18.2 Å². The van der Waals surface area contributed by atoms with Gasteiger partial charge in [0.25, 0.3) is 0 Å². The Hall–Kier alpha value is -3.93. The van der Waals surface area contributed by atoms with Crippen molar-refractivity contribution in [2.75, 3.05) is 0 Å². The molecule has 0 bridgehead atoms. The molecule has 0 fully saturated rings. The van der Waals surface area contributed by atoms with Gasteiger partial charge in [0.2, 0.25) is 11.2 Å². The first-order valence-electron chi connectivity index (χ1n) is 8.52. The van der Waals surface area contributed by atoms with Crippen LogP contribution in [-0.2, 0) is 6.61 Å². The summed E-state index contributed by atoms with van der Waals surface area (Å²) < 4.78 is 11.6. The minimum absolute atomic E-state index is 0.0256. The number of hydrogen-bond acceptors (Lipinski definition) is 6. The molecule has 0 unspecified atom stereocenters. The predicted molar refractivity (Wildman–Crippen MR) is 104 cm³/mol. The molecule has 4 rings (SSSR count). The van der Waals surface area contributed by atoms with E-state index < -0.39 is 11.2 Å². The topological polar surface area (TPSA) is 100 Å². The molecule has 0 saturated heterocycles. The lowest BCUT2D eigenvalue weighted by Crippen LogP contribution is -2.10. The molecule has 6 nitrogen and oxygen atoms in total. The van der Waals surface area contributed by atoms with Crippen molar-refractivity contribution in [2.45, 2.75) is 6.61 Å². The highest BCUT2D eigenvalue weighted by Gasteiger charge is 2.21. The van der Waals surface area contributed by atoms with Gasteiger partial charge in [-0.25, -0.2) is 0 Å². The van der Waals surface area contributed by atoms with E-state index in [1.54, 1.807) is 12.1 Å². The molecule has 0 aliphatic rings. The number of rotatable bonds is 4. The van der Waals surface area contributed by atoms with Gasteiger partial charge >= 0.3 is 0 Å². The van der Waals surface area contributed by atoms with Gasteiger partial charge in [-0.3, -0.25) is 4.79 Å². The Labute approximate surface area is 159 Å². The summed E-state index contributed by atoms with van der Waals surface area (Å²) in [4.78, 5) is 13.1. The molecule has 0 amide bonds. The van der Waals surface area contributed by atoms with Crippen molar-refractivity contribution in [1.82, 2.24) is 0 Å². The maximum Gasteiger partial charge on any atom is 0.239 e. The van der Waals surface area contributed by atoms with Gasteiger partial charge in [0.05, 0.1) is 0 Å². The van der Waals surface area contributed by atoms with Crippen LogP contribution in [0.25, 0.3) is 22.3 Å². The van der Waals surface area contributed by atoms with Gasteiger partial charge in [-0.15, -0.1) is 0 Å². The Morgan fingerprint density at radius 3 is 2.29 bits per heavy atom. The van der Waals surface area contributed by atoms with Crippen molar-refractivity contribution in [3.05, 3.63) is 82.5 Å². The molecular weight excluding hydrogens is 360 g/mol. The fourth-order valence-corrected chi connectivity index (χ4v) is 2.93. The molecule has 28 heavy (non-hydrogen) atoms. The summed E-state index contributed by atoms with van der Waals surface area (Å²) in [5.41, 5.74) is 0.826. The molecule has 0 aliphatic heterocycles. The molecule has 4 aromatic rings. The molecule has 3 N–H and O–H groups in total. The zero-order valence-corrected chi connectivity index (χ0v) is 14.6. The molecule has 1 heterocycles. The van der Waals surface area contributed by atoms with Crippen LogP contribution in [0.5, 0.6) is 23.0 Å². The minimum Gasteiger partial charge on any atom is -0.508 e. The summed E-state index contributed by atoms with van der Waals surface area (Å²) in [6, 6.07) is 17.7. The quantitative estimate of drug-likeness (QED) is 0.495. The summed E-state index contributed by atoms with van der Waals surface area (Å²) >= 11 is 0. The average molecular weight is 376 g/mol.